The zero-order chi connectivity index (χ0) is 22.3. The zero-order valence-corrected chi connectivity index (χ0v) is 19.3. The van der Waals surface area contributed by atoms with Crippen LogP contribution in [0.2, 0.25) is 0 Å². The van der Waals surface area contributed by atoms with Crippen molar-refractivity contribution in [3.05, 3.63) is 88.1 Å². The molecule has 4 rings (SSSR count). The van der Waals surface area contributed by atoms with Crippen LogP contribution in [-0.2, 0) is 23.6 Å². The summed E-state index contributed by atoms with van der Waals surface area (Å²) in [7, 11) is 0. The van der Waals surface area contributed by atoms with Crippen LogP contribution in [0.4, 0.5) is 0 Å². The van der Waals surface area contributed by atoms with Gasteiger partial charge in [-0.1, -0.05) is 60.7 Å². The van der Waals surface area contributed by atoms with Crippen LogP contribution >= 0.6 is 11.8 Å². The van der Waals surface area contributed by atoms with Gasteiger partial charge in [0, 0.05) is 31.3 Å². The van der Waals surface area contributed by atoms with Crippen molar-refractivity contribution in [1.29, 1.82) is 0 Å². The topological polar surface area (TPSA) is 60.1 Å². The Morgan fingerprint density at radius 2 is 1.62 bits per heavy atom. The fourth-order valence-electron chi connectivity index (χ4n) is 4.23. The molecule has 0 spiro atoms. The Morgan fingerprint density at radius 3 is 2.25 bits per heavy atom. The molecule has 168 valence electrons. The van der Waals surface area contributed by atoms with Crippen molar-refractivity contribution in [2.45, 2.75) is 44.5 Å². The number of nitrogens with zero attached hydrogens (tertiary/aromatic N) is 4. The minimum absolute atomic E-state index is 0.0535. The molecule has 1 saturated heterocycles. The number of amides is 1. The first-order valence-electron chi connectivity index (χ1n) is 11.3. The van der Waals surface area contributed by atoms with E-state index in [9.17, 15) is 9.59 Å². The van der Waals surface area contributed by atoms with Gasteiger partial charge >= 0.3 is 5.69 Å². The van der Waals surface area contributed by atoms with E-state index in [1.54, 1.807) is 21.0 Å². The maximum atomic E-state index is 12.9. The summed E-state index contributed by atoms with van der Waals surface area (Å²) in [4.78, 5) is 27.5. The highest BCUT2D eigenvalue weighted by molar-refractivity contribution is 7.99. The smallest absolute Gasteiger partial charge is 0.342 e. The fraction of sp³-hybridized carbons (Fsp3) is 0.400. The highest BCUT2D eigenvalue weighted by Gasteiger charge is 2.28. The van der Waals surface area contributed by atoms with Crippen LogP contribution in [0, 0.1) is 0 Å². The second-order valence-corrected chi connectivity index (χ2v) is 9.15. The summed E-state index contributed by atoms with van der Waals surface area (Å²) in [6, 6.07) is 20.2. The average molecular weight is 451 g/mol. The van der Waals surface area contributed by atoms with Crippen molar-refractivity contribution in [1.82, 2.24) is 19.2 Å². The van der Waals surface area contributed by atoms with Gasteiger partial charge in [0.15, 0.2) is 0 Å². The van der Waals surface area contributed by atoms with Crippen LogP contribution in [0.5, 0.6) is 0 Å². The average Bonchev–Trinajstić information content (AvgIpc) is 3.15. The van der Waals surface area contributed by atoms with Gasteiger partial charge in [-0.2, -0.15) is 5.10 Å². The SMILES string of the molecule is CCn1c(C2CCN(C(=O)CSCc3ccccc3)CC2)nn(Cc2ccccc2)c1=O. The minimum Gasteiger partial charge on any atom is -0.342 e. The Kier molecular flexibility index (Phi) is 7.47. The molecule has 0 unspecified atom stereocenters. The van der Waals surface area contributed by atoms with Gasteiger partial charge in [-0.25, -0.2) is 9.48 Å². The predicted molar refractivity (Wildman–Crippen MR) is 129 cm³/mol. The summed E-state index contributed by atoms with van der Waals surface area (Å²) < 4.78 is 3.37. The predicted octanol–water partition coefficient (Wildman–Crippen LogP) is 3.75. The van der Waals surface area contributed by atoms with Crippen molar-refractivity contribution >= 4 is 17.7 Å². The number of thioether (sulfide) groups is 1. The molecule has 6 nitrogen and oxygen atoms in total. The zero-order valence-electron chi connectivity index (χ0n) is 18.5. The summed E-state index contributed by atoms with van der Waals surface area (Å²) >= 11 is 1.67. The standard InChI is InChI=1S/C25H30N4O2S/c1-2-28-24(26-29(25(28)31)17-20-9-5-3-6-10-20)22-13-15-27(16-14-22)23(30)19-32-18-21-11-7-4-8-12-21/h3-12,22H,2,13-19H2,1H3. The first-order chi connectivity index (χ1) is 15.7. The van der Waals surface area contributed by atoms with Gasteiger partial charge in [-0.3, -0.25) is 9.36 Å². The molecule has 2 aromatic carbocycles. The van der Waals surface area contributed by atoms with Gasteiger partial charge in [0.1, 0.15) is 5.82 Å². The maximum Gasteiger partial charge on any atom is 0.346 e. The highest BCUT2D eigenvalue weighted by atomic mass is 32.2. The third kappa shape index (κ3) is 5.33. The summed E-state index contributed by atoms with van der Waals surface area (Å²) in [6.07, 6.45) is 1.69. The molecule has 2 heterocycles. The lowest BCUT2D eigenvalue weighted by Crippen LogP contribution is -2.39. The van der Waals surface area contributed by atoms with E-state index in [4.69, 9.17) is 5.10 Å². The van der Waals surface area contributed by atoms with Gasteiger partial charge in [0.25, 0.3) is 0 Å². The van der Waals surface area contributed by atoms with Crippen LogP contribution in [0.15, 0.2) is 65.5 Å². The lowest BCUT2D eigenvalue weighted by Gasteiger charge is -2.31. The van der Waals surface area contributed by atoms with E-state index < -0.39 is 0 Å². The van der Waals surface area contributed by atoms with Crippen LogP contribution < -0.4 is 5.69 Å². The number of rotatable bonds is 8. The summed E-state index contributed by atoms with van der Waals surface area (Å²) in [5, 5.41) is 4.71. The molecule has 32 heavy (non-hydrogen) atoms. The normalized spacial score (nSPS) is 14.6. The van der Waals surface area contributed by atoms with Crippen molar-refractivity contribution < 1.29 is 4.79 Å². The quantitative estimate of drug-likeness (QED) is 0.524. The molecule has 0 atom stereocenters. The lowest BCUT2D eigenvalue weighted by atomic mass is 9.96. The Morgan fingerprint density at radius 1 is 1.00 bits per heavy atom. The number of piperidine rings is 1. The molecule has 1 aliphatic heterocycles. The van der Waals surface area contributed by atoms with Crippen LogP contribution in [0.1, 0.15) is 42.6 Å². The molecular formula is C25H30N4O2S. The molecule has 1 fully saturated rings. The van der Waals surface area contributed by atoms with Gasteiger partial charge in [-0.05, 0) is 30.9 Å². The molecule has 1 amide bonds. The first-order valence-corrected chi connectivity index (χ1v) is 12.4. The van der Waals surface area contributed by atoms with E-state index in [1.165, 1.54) is 5.56 Å². The molecule has 0 aliphatic carbocycles. The highest BCUT2D eigenvalue weighted by Crippen LogP contribution is 2.27. The maximum absolute atomic E-state index is 12.9. The van der Waals surface area contributed by atoms with E-state index in [1.807, 2.05) is 60.4 Å². The van der Waals surface area contributed by atoms with Crippen molar-refractivity contribution in [2.75, 3.05) is 18.8 Å². The van der Waals surface area contributed by atoms with Crippen molar-refractivity contribution in [2.24, 2.45) is 0 Å². The first kappa shape index (κ1) is 22.4. The Bertz CT molecular complexity index is 1070. The van der Waals surface area contributed by atoms with Crippen LogP contribution in [0.3, 0.4) is 0 Å². The lowest BCUT2D eigenvalue weighted by molar-refractivity contribution is -0.129. The second kappa shape index (κ2) is 10.7. The number of carbonyl (C=O) groups is 1. The largest absolute Gasteiger partial charge is 0.346 e. The second-order valence-electron chi connectivity index (χ2n) is 8.16. The van der Waals surface area contributed by atoms with Crippen LogP contribution in [-0.4, -0.2) is 44.0 Å². The van der Waals surface area contributed by atoms with Crippen molar-refractivity contribution in [3.8, 4) is 0 Å². The van der Waals surface area contributed by atoms with E-state index in [0.29, 0.717) is 18.8 Å². The Balaban J connectivity index is 1.34. The van der Waals surface area contributed by atoms with Crippen molar-refractivity contribution in [3.63, 3.8) is 0 Å². The minimum atomic E-state index is -0.0535. The summed E-state index contributed by atoms with van der Waals surface area (Å²) in [5.41, 5.74) is 2.25. The third-order valence-corrected chi connectivity index (χ3v) is 6.98. The van der Waals surface area contributed by atoms with E-state index in [2.05, 4.69) is 12.1 Å². The molecular weight excluding hydrogens is 420 g/mol. The fourth-order valence-corrected chi connectivity index (χ4v) is 5.11. The number of carbonyl (C=O) groups excluding carboxylic acids is 1. The van der Waals surface area contributed by atoms with Gasteiger partial charge in [0.05, 0.1) is 12.3 Å². The number of likely N-dealkylation sites (tertiary alicyclic amines) is 1. The Hall–Kier alpha value is -2.80. The monoisotopic (exact) mass is 450 g/mol. The molecule has 0 saturated carbocycles. The summed E-state index contributed by atoms with van der Waals surface area (Å²) in [6.45, 7) is 4.52. The molecule has 7 heteroatoms. The van der Waals surface area contributed by atoms with Crippen LogP contribution in [0.25, 0.3) is 0 Å². The van der Waals surface area contributed by atoms with Gasteiger partial charge in [-0.15, -0.1) is 11.8 Å². The van der Waals surface area contributed by atoms with E-state index in [-0.39, 0.29) is 17.5 Å². The molecule has 1 aromatic heterocycles. The van der Waals surface area contributed by atoms with E-state index in [0.717, 1.165) is 43.1 Å². The van der Waals surface area contributed by atoms with E-state index >= 15 is 0 Å². The molecule has 1 aliphatic rings. The van der Waals surface area contributed by atoms with Gasteiger partial charge in [0.2, 0.25) is 5.91 Å². The number of benzene rings is 2. The number of hydrogen-bond acceptors (Lipinski definition) is 4. The molecule has 0 bridgehead atoms. The third-order valence-electron chi connectivity index (χ3n) is 5.99. The molecule has 3 aromatic rings. The summed E-state index contributed by atoms with van der Waals surface area (Å²) in [5.74, 6) is 2.63. The number of hydrogen-bond donors (Lipinski definition) is 0. The van der Waals surface area contributed by atoms with Gasteiger partial charge < -0.3 is 4.90 Å². The molecule has 0 N–H and O–H groups in total. The number of aromatic nitrogens is 3. The molecule has 0 radical (unpaired) electrons. The Labute approximate surface area is 193 Å².